The summed E-state index contributed by atoms with van der Waals surface area (Å²) in [4.78, 5) is 17.9. The van der Waals surface area contributed by atoms with E-state index in [0.29, 0.717) is 41.3 Å². The largest absolute Gasteiger partial charge is 0.494 e. The van der Waals surface area contributed by atoms with Crippen LogP contribution in [0.2, 0.25) is 0 Å². The van der Waals surface area contributed by atoms with Gasteiger partial charge in [0.2, 0.25) is 0 Å². The van der Waals surface area contributed by atoms with Gasteiger partial charge in [0.25, 0.3) is 5.91 Å². The predicted octanol–water partition coefficient (Wildman–Crippen LogP) is 4.98. The van der Waals surface area contributed by atoms with Gasteiger partial charge < -0.3 is 20.3 Å². The first-order chi connectivity index (χ1) is 19.5. The van der Waals surface area contributed by atoms with Gasteiger partial charge in [0, 0.05) is 28.3 Å². The molecule has 2 heterocycles. The number of aromatic nitrogens is 3. The smallest absolute Gasteiger partial charge is 0.251 e. The van der Waals surface area contributed by atoms with Crippen molar-refractivity contribution < 1.29 is 28.5 Å². The number of ether oxygens (including phenoxy) is 1. The number of halogens is 2. The van der Waals surface area contributed by atoms with Crippen molar-refractivity contribution in [1.29, 1.82) is 0 Å². The first-order valence-corrected chi connectivity index (χ1v) is 13.7. The second-order valence-electron chi connectivity index (χ2n) is 11.6. The number of fused-ring (bicyclic) bond motifs is 1. The lowest BCUT2D eigenvalue weighted by atomic mass is 9.87. The topological polar surface area (TPSA) is 110 Å². The van der Waals surface area contributed by atoms with Crippen LogP contribution < -0.4 is 10.1 Å². The van der Waals surface area contributed by atoms with Gasteiger partial charge in [-0.15, -0.1) is 0 Å². The van der Waals surface area contributed by atoms with Gasteiger partial charge in [0.1, 0.15) is 28.4 Å². The van der Waals surface area contributed by atoms with Crippen LogP contribution in [0.1, 0.15) is 67.2 Å². The van der Waals surface area contributed by atoms with E-state index in [0.717, 1.165) is 18.2 Å². The molecule has 0 unspecified atom stereocenters. The zero-order valence-electron chi connectivity index (χ0n) is 23.1. The summed E-state index contributed by atoms with van der Waals surface area (Å²) in [5.41, 5.74) is -1.97. The number of methoxy groups -OCH3 is 1. The Balaban J connectivity index is 1.34. The standard InChI is InChI=1S/C31H32F2N4O4/c1-30(2,39)23-14-25(35-28(26(23)33)17-4-8-21(32)9-5-17)31(40,20-6-7-20)16-34-29(38)18-12-19-15-37(22-10-11-22)36-27(19)24(13-18)41-3/h4-5,8-9,12-15,20,22,39-40H,6-7,10-11,16H2,1-3H3,(H,34,38)/t31-/m1/s1. The molecule has 2 fully saturated rings. The minimum Gasteiger partial charge on any atom is -0.494 e. The molecule has 4 aromatic rings. The SMILES string of the molecule is COc1cc(C(=O)NC[C@](O)(c2cc(C(C)(C)O)c(F)c(-c3ccc(F)cc3)n2)C2CC2)cc2cn(C3CC3)nc12. The quantitative estimate of drug-likeness (QED) is 0.266. The Morgan fingerprint density at radius 3 is 2.41 bits per heavy atom. The first-order valence-electron chi connectivity index (χ1n) is 13.7. The number of benzene rings is 2. The van der Waals surface area contributed by atoms with Crippen LogP contribution in [0.5, 0.6) is 5.75 Å². The molecular formula is C31H32F2N4O4. The zero-order valence-corrected chi connectivity index (χ0v) is 23.1. The third kappa shape index (κ3) is 5.17. The Morgan fingerprint density at radius 2 is 1.80 bits per heavy atom. The highest BCUT2D eigenvalue weighted by atomic mass is 19.1. The van der Waals surface area contributed by atoms with Crippen molar-refractivity contribution in [2.75, 3.05) is 13.7 Å². The van der Waals surface area contributed by atoms with Gasteiger partial charge in [0.05, 0.1) is 31.0 Å². The molecule has 1 atom stereocenters. The molecule has 8 nitrogen and oxygen atoms in total. The number of aliphatic hydroxyl groups is 2. The molecule has 0 saturated heterocycles. The molecule has 1 amide bonds. The molecule has 214 valence electrons. The van der Waals surface area contributed by atoms with E-state index in [-0.39, 0.29) is 29.4 Å². The lowest BCUT2D eigenvalue weighted by Crippen LogP contribution is -2.43. The normalized spacial score (nSPS) is 17.0. The third-order valence-electron chi connectivity index (χ3n) is 7.94. The summed E-state index contributed by atoms with van der Waals surface area (Å²) >= 11 is 0. The average Bonchev–Trinajstić information content (AvgIpc) is 3.88. The van der Waals surface area contributed by atoms with Gasteiger partial charge in [-0.3, -0.25) is 9.48 Å². The van der Waals surface area contributed by atoms with Crippen molar-refractivity contribution in [1.82, 2.24) is 20.1 Å². The van der Waals surface area contributed by atoms with E-state index in [1.807, 2.05) is 10.9 Å². The van der Waals surface area contributed by atoms with E-state index >= 15 is 4.39 Å². The molecule has 41 heavy (non-hydrogen) atoms. The summed E-state index contributed by atoms with van der Waals surface area (Å²) in [6.07, 6.45) is 5.42. The number of nitrogens with zero attached hydrogens (tertiary/aromatic N) is 3. The van der Waals surface area contributed by atoms with Gasteiger partial charge >= 0.3 is 0 Å². The maximum absolute atomic E-state index is 15.6. The maximum atomic E-state index is 15.6. The summed E-state index contributed by atoms with van der Waals surface area (Å²) in [5.74, 6) is -1.43. The highest BCUT2D eigenvalue weighted by Gasteiger charge is 2.47. The number of amides is 1. The fourth-order valence-corrected chi connectivity index (χ4v) is 5.25. The first kappa shape index (κ1) is 27.3. The number of hydrogen-bond acceptors (Lipinski definition) is 6. The number of carbonyl (C=O) groups is 1. The lowest BCUT2D eigenvalue weighted by molar-refractivity contribution is 0.00864. The molecule has 0 spiro atoms. The molecular weight excluding hydrogens is 530 g/mol. The molecule has 6 rings (SSSR count). The summed E-state index contributed by atoms with van der Waals surface area (Å²) in [7, 11) is 1.53. The number of nitrogens with one attached hydrogen (secondary N) is 1. The number of pyridine rings is 1. The van der Waals surface area contributed by atoms with E-state index in [2.05, 4.69) is 15.4 Å². The van der Waals surface area contributed by atoms with Crippen molar-refractivity contribution in [3.05, 3.63) is 77.1 Å². The molecule has 2 saturated carbocycles. The Morgan fingerprint density at radius 1 is 1.10 bits per heavy atom. The Hall–Kier alpha value is -3.89. The van der Waals surface area contributed by atoms with E-state index in [1.54, 1.807) is 12.1 Å². The van der Waals surface area contributed by atoms with Gasteiger partial charge in [-0.25, -0.2) is 13.8 Å². The van der Waals surface area contributed by atoms with E-state index in [9.17, 15) is 19.4 Å². The van der Waals surface area contributed by atoms with Gasteiger partial charge in [-0.05, 0) is 87.9 Å². The molecule has 2 aliphatic carbocycles. The van der Waals surface area contributed by atoms with Crippen LogP contribution in [-0.4, -0.2) is 44.5 Å². The van der Waals surface area contributed by atoms with Crippen LogP contribution >= 0.6 is 0 Å². The molecule has 3 N–H and O–H groups in total. The van der Waals surface area contributed by atoms with Crippen molar-refractivity contribution in [2.45, 2.75) is 56.8 Å². The molecule has 10 heteroatoms. The van der Waals surface area contributed by atoms with Crippen molar-refractivity contribution in [3.8, 4) is 17.0 Å². The second kappa shape index (κ2) is 9.88. The highest BCUT2D eigenvalue weighted by Crippen LogP contribution is 2.46. The number of rotatable bonds is 9. The van der Waals surface area contributed by atoms with Crippen molar-refractivity contribution >= 4 is 16.8 Å². The molecule has 0 aliphatic heterocycles. The minimum atomic E-state index is -1.64. The minimum absolute atomic E-state index is 0.0601. The fourth-order valence-electron chi connectivity index (χ4n) is 5.25. The molecule has 2 aromatic carbocycles. The molecule has 2 aromatic heterocycles. The fraction of sp³-hybridized carbons (Fsp3) is 0.387. The molecule has 0 radical (unpaired) electrons. The van der Waals surface area contributed by atoms with Crippen molar-refractivity contribution in [2.24, 2.45) is 5.92 Å². The summed E-state index contributed by atoms with van der Waals surface area (Å²) in [6, 6.07) is 10.3. The summed E-state index contributed by atoms with van der Waals surface area (Å²) < 4.78 is 36.7. The Labute approximate surface area is 236 Å². The number of carbonyl (C=O) groups excluding carboxylic acids is 1. The number of hydrogen-bond donors (Lipinski definition) is 3. The Bertz CT molecular complexity index is 1640. The summed E-state index contributed by atoms with van der Waals surface area (Å²) in [6.45, 7) is 2.69. The van der Waals surface area contributed by atoms with Crippen LogP contribution in [0.15, 0.2) is 48.7 Å². The van der Waals surface area contributed by atoms with Crippen LogP contribution in [-0.2, 0) is 11.2 Å². The molecule has 0 bridgehead atoms. The maximum Gasteiger partial charge on any atom is 0.251 e. The van der Waals surface area contributed by atoms with Gasteiger partial charge in [-0.1, -0.05) is 0 Å². The van der Waals surface area contributed by atoms with Crippen LogP contribution in [0.25, 0.3) is 22.2 Å². The monoisotopic (exact) mass is 562 g/mol. The highest BCUT2D eigenvalue weighted by molar-refractivity contribution is 5.99. The van der Waals surface area contributed by atoms with Crippen LogP contribution in [0.4, 0.5) is 8.78 Å². The van der Waals surface area contributed by atoms with Crippen LogP contribution in [0.3, 0.4) is 0 Å². The summed E-state index contributed by atoms with van der Waals surface area (Å²) in [5, 5.41) is 31.0. The van der Waals surface area contributed by atoms with E-state index in [4.69, 9.17) is 4.74 Å². The third-order valence-corrected chi connectivity index (χ3v) is 7.94. The Kier molecular flexibility index (Phi) is 6.58. The van der Waals surface area contributed by atoms with Crippen LogP contribution in [0, 0.1) is 17.6 Å². The lowest BCUT2D eigenvalue weighted by Gasteiger charge is -2.30. The van der Waals surface area contributed by atoms with Gasteiger partial charge in [-0.2, -0.15) is 5.10 Å². The van der Waals surface area contributed by atoms with Crippen molar-refractivity contribution in [3.63, 3.8) is 0 Å². The van der Waals surface area contributed by atoms with Gasteiger partial charge in [0.15, 0.2) is 5.82 Å². The van der Waals surface area contributed by atoms with E-state index in [1.165, 1.54) is 51.3 Å². The zero-order chi connectivity index (χ0) is 29.1. The average molecular weight is 563 g/mol. The molecule has 2 aliphatic rings. The second-order valence-corrected chi connectivity index (χ2v) is 11.6. The van der Waals surface area contributed by atoms with E-state index < -0.39 is 28.7 Å². The predicted molar refractivity (Wildman–Crippen MR) is 148 cm³/mol.